The van der Waals surface area contributed by atoms with Crippen molar-refractivity contribution in [2.45, 2.75) is 0 Å². The molecule has 1 heterocycles. The van der Waals surface area contributed by atoms with Gasteiger partial charge in [-0.1, -0.05) is 18.2 Å². The molecular formula is C15H12N4O3S. The highest BCUT2D eigenvalue weighted by Gasteiger charge is 2.05. The Labute approximate surface area is 137 Å². The molecule has 0 radical (unpaired) electrons. The summed E-state index contributed by atoms with van der Waals surface area (Å²) in [6.45, 7) is 0. The molecule has 0 atom stereocenters. The van der Waals surface area contributed by atoms with Crippen LogP contribution < -0.4 is 10.6 Å². The second-order valence-electron chi connectivity index (χ2n) is 4.34. The van der Waals surface area contributed by atoms with Gasteiger partial charge in [-0.05, 0) is 36.0 Å². The van der Waals surface area contributed by atoms with Crippen LogP contribution in [0.1, 0.15) is 5.56 Å². The first kappa shape index (κ1) is 16.2. The molecule has 0 aliphatic rings. The quantitative estimate of drug-likeness (QED) is 0.387. The van der Waals surface area contributed by atoms with E-state index in [1.54, 1.807) is 36.5 Å². The van der Waals surface area contributed by atoms with E-state index in [1.165, 1.54) is 24.3 Å². The van der Waals surface area contributed by atoms with Crippen LogP contribution in [0.4, 0.5) is 11.5 Å². The molecule has 1 aromatic heterocycles. The minimum atomic E-state index is -0.497. The summed E-state index contributed by atoms with van der Waals surface area (Å²) in [6.07, 6.45) is 4.30. The number of non-ortho nitro benzene ring substituents is 1. The van der Waals surface area contributed by atoms with Crippen molar-refractivity contribution < 1.29 is 9.72 Å². The van der Waals surface area contributed by atoms with E-state index in [0.29, 0.717) is 11.4 Å². The Bertz CT molecular complexity index is 762. The number of carbonyl (C=O) groups is 1. The fourth-order valence-electron chi connectivity index (χ4n) is 1.65. The predicted molar refractivity (Wildman–Crippen MR) is 90.7 cm³/mol. The van der Waals surface area contributed by atoms with E-state index in [4.69, 9.17) is 12.2 Å². The number of carbonyl (C=O) groups excluding carboxylic acids is 1. The maximum atomic E-state index is 11.8. The maximum absolute atomic E-state index is 11.8. The highest BCUT2D eigenvalue weighted by molar-refractivity contribution is 7.80. The minimum absolute atomic E-state index is 0.0418. The predicted octanol–water partition coefficient (Wildman–Crippen LogP) is 2.52. The Morgan fingerprint density at radius 2 is 2.09 bits per heavy atom. The molecule has 2 N–H and O–H groups in total. The van der Waals surface area contributed by atoms with Gasteiger partial charge in [0.2, 0.25) is 5.91 Å². The largest absolute Gasteiger partial charge is 0.317 e. The lowest BCUT2D eigenvalue weighted by Crippen LogP contribution is -2.33. The van der Waals surface area contributed by atoms with Crippen molar-refractivity contribution in [2.75, 3.05) is 5.32 Å². The first-order valence-corrected chi connectivity index (χ1v) is 6.91. The summed E-state index contributed by atoms with van der Waals surface area (Å²) in [5.74, 6) is 0.0606. The number of nitrogens with one attached hydrogen (secondary N) is 2. The fourth-order valence-corrected chi connectivity index (χ4v) is 1.86. The van der Waals surface area contributed by atoms with Crippen LogP contribution in [0.5, 0.6) is 0 Å². The van der Waals surface area contributed by atoms with Crippen LogP contribution in [0.25, 0.3) is 6.08 Å². The van der Waals surface area contributed by atoms with E-state index in [-0.39, 0.29) is 10.8 Å². The van der Waals surface area contributed by atoms with Crippen LogP contribution in [0, 0.1) is 10.1 Å². The van der Waals surface area contributed by atoms with Gasteiger partial charge >= 0.3 is 0 Å². The molecule has 0 saturated carbocycles. The highest BCUT2D eigenvalue weighted by Crippen LogP contribution is 2.13. The van der Waals surface area contributed by atoms with Crippen molar-refractivity contribution in [3.8, 4) is 0 Å². The first-order chi connectivity index (χ1) is 11.0. The number of benzene rings is 1. The standard InChI is InChI=1S/C15H12N4O3S/c20-14(18-15(23)17-13-6-1-2-9-16-13)8-7-11-4-3-5-12(10-11)19(21)22/h1-10H,(H2,16,17,18,20,23)/b8-7+. The third-order valence-electron chi connectivity index (χ3n) is 2.65. The van der Waals surface area contributed by atoms with E-state index in [0.717, 1.165) is 0 Å². The molecular weight excluding hydrogens is 316 g/mol. The molecule has 0 spiro atoms. The molecule has 116 valence electrons. The van der Waals surface area contributed by atoms with E-state index in [2.05, 4.69) is 15.6 Å². The van der Waals surface area contributed by atoms with Gasteiger partial charge in [0.1, 0.15) is 5.82 Å². The van der Waals surface area contributed by atoms with Gasteiger partial charge in [0.25, 0.3) is 5.69 Å². The Morgan fingerprint density at radius 1 is 1.26 bits per heavy atom. The van der Waals surface area contributed by atoms with E-state index < -0.39 is 10.8 Å². The first-order valence-electron chi connectivity index (χ1n) is 6.50. The number of nitro groups is 1. The number of hydrogen-bond acceptors (Lipinski definition) is 5. The number of amides is 1. The molecule has 0 aliphatic carbocycles. The van der Waals surface area contributed by atoms with Gasteiger partial charge in [0.15, 0.2) is 5.11 Å². The number of anilines is 1. The Morgan fingerprint density at radius 3 is 2.78 bits per heavy atom. The Balaban J connectivity index is 1.92. The smallest absolute Gasteiger partial charge is 0.270 e. The SMILES string of the molecule is O=C(/C=C/c1cccc([N+](=O)[O-])c1)NC(=S)Nc1ccccn1. The number of hydrogen-bond donors (Lipinski definition) is 2. The Kier molecular flexibility index (Phi) is 5.48. The molecule has 7 nitrogen and oxygen atoms in total. The zero-order valence-electron chi connectivity index (χ0n) is 11.8. The lowest BCUT2D eigenvalue weighted by molar-refractivity contribution is -0.384. The van der Waals surface area contributed by atoms with E-state index in [1.807, 2.05) is 0 Å². The zero-order chi connectivity index (χ0) is 16.7. The second-order valence-corrected chi connectivity index (χ2v) is 4.75. The molecule has 0 fully saturated rings. The van der Waals surface area contributed by atoms with Crippen LogP contribution in [0.2, 0.25) is 0 Å². The molecule has 1 aromatic carbocycles. The Hall–Kier alpha value is -3.13. The summed E-state index contributed by atoms with van der Waals surface area (Å²) >= 11 is 4.99. The van der Waals surface area contributed by atoms with Gasteiger partial charge in [0, 0.05) is 24.4 Å². The summed E-state index contributed by atoms with van der Waals surface area (Å²) in [6, 6.07) is 11.2. The molecule has 0 bridgehead atoms. The maximum Gasteiger partial charge on any atom is 0.270 e. The number of nitro benzene ring substituents is 1. The lowest BCUT2D eigenvalue weighted by atomic mass is 10.2. The molecule has 0 unspecified atom stereocenters. The van der Waals surface area contributed by atoms with E-state index in [9.17, 15) is 14.9 Å². The van der Waals surface area contributed by atoms with Crippen LogP contribution in [0.3, 0.4) is 0 Å². The summed E-state index contributed by atoms with van der Waals surface area (Å²) < 4.78 is 0. The van der Waals surface area contributed by atoms with Gasteiger partial charge in [-0.25, -0.2) is 4.98 Å². The lowest BCUT2D eigenvalue weighted by Gasteiger charge is -2.06. The van der Waals surface area contributed by atoms with Gasteiger partial charge in [-0.2, -0.15) is 0 Å². The van der Waals surface area contributed by atoms with Gasteiger partial charge in [-0.3, -0.25) is 20.2 Å². The summed E-state index contributed by atoms with van der Waals surface area (Å²) in [7, 11) is 0. The number of thiocarbonyl (C=S) groups is 1. The number of nitrogens with zero attached hydrogens (tertiary/aromatic N) is 2. The van der Waals surface area contributed by atoms with Crippen LogP contribution in [-0.4, -0.2) is 20.9 Å². The minimum Gasteiger partial charge on any atom is -0.317 e. The molecule has 2 aromatic rings. The highest BCUT2D eigenvalue weighted by atomic mass is 32.1. The third-order valence-corrected chi connectivity index (χ3v) is 2.86. The summed E-state index contributed by atoms with van der Waals surface area (Å²) in [4.78, 5) is 26.0. The molecule has 1 amide bonds. The fraction of sp³-hybridized carbons (Fsp3) is 0. The number of pyridine rings is 1. The average molecular weight is 328 g/mol. The zero-order valence-corrected chi connectivity index (χ0v) is 12.6. The van der Waals surface area contributed by atoms with Crippen molar-refractivity contribution in [3.05, 3.63) is 70.4 Å². The normalized spacial score (nSPS) is 10.3. The molecule has 8 heteroatoms. The van der Waals surface area contributed by atoms with Crippen molar-refractivity contribution >= 4 is 40.8 Å². The van der Waals surface area contributed by atoms with E-state index >= 15 is 0 Å². The summed E-state index contributed by atoms with van der Waals surface area (Å²) in [5.41, 5.74) is 0.498. The van der Waals surface area contributed by atoms with Gasteiger partial charge < -0.3 is 5.32 Å². The molecule has 23 heavy (non-hydrogen) atoms. The third kappa shape index (κ3) is 5.29. The van der Waals surface area contributed by atoms with Crippen LogP contribution in [-0.2, 0) is 4.79 Å². The van der Waals surface area contributed by atoms with Gasteiger partial charge in [-0.15, -0.1) is 0 Å². The average Bonchev–Trinajstić information content (AvgIpc) is 2.54. The van der Waals surface area contributed by atoms with Crippen molar-refractivity contribution in [1.29, 1.82) is 0 Å². The van der Waals surface area contributed by atoms with Gasteiger partial charge in [0.05, 0.1) is 4.92 Å². The summed E-state index contributed by atoms with van der Waals surface area (Å²) in [5, 5.41) is 16.0. The molecule has 2 rings (SSSR count). The second kappa shape index (κ2) is 7.76. The van der Waals surface area contributed by atoms with Crippen molar-refractivity contribution in [1.82, 2.24) is 10.3 Å². The number of aromatic nitrogens is 1. The molecule has 0 saturated heterocycles. The number of rotatable bonds is 4. The monoisotopic (exact) mass is 328 g/mol. The van der Waals surface area contributed by atoms with Crippen molar-refractivity contribution in [2.24, 2.45) is 0 Å². The topological polar surface area (TPSA) is 97.2 Å². The van der Waals surface area contributed by atoms with Crippen molar-refractivity contribution in [3.63, 3.8) is 0 Å². The van der Waals surface area contributed by atoms with Crippen LogP contribution >= 0.6 is 12.2 Å². The molecule has 0 aliphatic heterocycles. The van der Waals surface area contributed by atoms with Crippen LogP contribution in [0.15, 0.2) is 54.7 Å².